The Hall–Kier alpha value is -0.970. The third-order valence-corrected chi connectivity index (χ3v) is 3.48. The second-order valence-corrected chi connectivity index (χ2v) is 4.87. The van der Waals surface area contributed by atoms with Crippen LogP contribution in [-0.4, -0.2) is 18.4 Å². The predicted octanol–water partition coefficient (Wildman–Crippen LogP) is 2.48. The van der Waals surface area contributed by atoms with Gasteiger partial charge in [-0.25, -0.2) is 0 Å². The lowest BCUT2D eigenvalue weighted by Crippen LogP contribution is -2.21. The van der Waals surface area contributed by atoms with E-state index in [1.165, 1.54) is 0 Å². The van der Waals surface area contributed by atoms with Gasteiger partial charge in [-0.15, -0.1) is 0 Å². The SMILES string of the molecule is CCCC(CN)C(O)c1cc(Cl)c2c(c1)OCO2. The normalized spacial score (nSPS) is 16.7. The molecular weight excluding hydrogens is 254 g/mol. The van der Waals surface area contributed by atoms with E-state index in [0.717, 1.165) is 18.4 Å². The Labute approximate surface area is 112 Å². The van der Waals surface area contributed by atoms with E-state index in [1.54, 1.807) is 12.1 Å². The van der Waals surface area contributed by atoms with Gasteiger partial charge in [0.25, 0.3) is 0 Å². The molecule has 0 spiro atoms. The maximum atomic E-state index is 10.3. The van der Waals surface area contributed by atoms with Crippen LogP contribution in [0.5, 0.6) is 11.5 Å². The molecule has 0 saturated carbocycles. The maximum Gasteiger partial charge on any atom is 0.231 e. The molecule has 100 valence electrons. The van der Waals surface area contributed by atoms with Gasteiger partial charge in [-0.05, 0) is 30.7 Å². The van der Waals surface area contributed by atoms with Crippen molar-refractivity contribution in [1.82, 2.24) is 0 Å². The van der Waals surface area contributed by atoms with Crippen LogP contribution in [0.3, 0.4) is 0 Å². The number of hydrogen-bond donors (Lipinski definition) is 2. The molecule has 0 amide bonds. The average Bonchev–Trinajstić information content (AvgIpc) is 2.83. The summed E-state index contributed by atoms with van der Waals surface area (Å²) in [5.74, 6) is 1.17. The second-order valence-electron chi connectivity index (χ2n) is 4.47. The Kier molecular flexibility index (Phi) is 4.32. The summed E-state index contributed by atoms with van der Waals surface area (Å²) in [7, 11) is 0. The number of benzene rings is 1. The standard InChI is InChI=1S/C13H18ClNO3/c1-2-3-8(6-15)12(16)9-4-10(14)13-11(5-9)17-7-18-13/h4-5,8,12,16H,2-3,6-7,15H2,1H3. The van der Waals surface area contributed by atoms with Crippen molar-refractivity contribution in [2.24, 2.45) is 11.7 Å². The first-order valence-electron chi connectivity index (χ1n) is 6.14. The van der Waals surface area contributed by atoms with Crippen molar-refractivity contribution in [2.45, 2.75) is 25.9 Å². The van der Waals surface area contributed by atoms with Crippen LogP contribution < -0.4 is 15.2 Å². The third-order valence-electron chi connectivity index (χ3n) is 3.20. The molecule has 0 bridgehead atoms. The summed E-state index contributed by atoms with van der Waals surface area (Å²) in [5.41, 5.74) is 6.43. The van der Waals surface area contributed by atoms with Gasteiger partial charge in [0, 0.05) is 5.92 Å². The average molecular weight is 272 g/mol. The monoisotopic (exact) mass is 271 g/mol. The summed E-state index contributed by atoms with van der Waals surface area (Å²) in [6.45, 7) is 2.69. The van der Waals surface area contributed by atoms with Crippen LogP contribution in [0.1, 0.15) is 31.4 Å². The van der Waals surface area contributed by atoms with Crippen molar-refractivity contribution < 1.29 is 14.6 Å². The molecule has 2 unspecified atom stereocenters. The van der Waals surface area contributed by atoms with Crippen LogP contribution in [0, 0.1) is 5.92 Å². The summed E-state index contributed by atoms with van der Waals surface area (Å²) >= 11 is 6.10. The van der Waals surface area contributed by atoms with Gasteiger partial charge in [-0.1, -0.05) is 24.9 Å². The Morgan fingerprint density at radius 2 is 2.22 bits per heavy atom. The van der Waals surface area contributed by atoms with Crippen LogP contribution in [0.25, 0.3) is 0 Å². The molecule has 4 nitrogen and oxygen atoms in total. The zero-order valence-corrected chi connectivity index (χ0v) is 11.1. The van der Waals surface area contributed by atoms with E-state index in [0.29, 0.717) is 23.1 Å². The molecule has 5 heteroatoms. The minimum atomic E-state index is -0.623. The summed E-state index contributed by atoms with van der Waals surface area (Å²) in [6.07, 6.45) is 1.24. The van der Waals surface area contributed by atoms with Crippen molar-refractivity contribution in [3.63, 3.8) is 0 Å². The number of nitrogens with two attached hydrogens (primary N) is 1. The minimum Gasteiger partial charge on any atom is -0.454 e. The number of halogens is 1. The number of fused-ring (bicyclic) bond motifs is 1. The van der Waals surface area contributed by atoms with E-state index in [-0.39, 0.29) is 12.7 Å². The van der Waals surface area contributed by atoms with Gasteiger partial charge < -0.3 is 20.3 Å². The number of rotatable bonds is 5. The van der Waals surface area contributed by atoms with E-state index < -0.39 is 6.10 Å². The molecular formula is C13H18ClNO3. The van der Waals surface area contributed by atoms with Crippen molar-refractivity contribution in [3.8, 4) is 11.5 Å². The molecule has 0 aliphatic carbocycles. The van der Waals surface area contributed by atoms with Crippen LogP contribution in [0.4, 0.5) is 0 Å². The van der Waals surface area contributed by atoms with E-state index in [9.17, 15) is 5.11 Å². The summed E-state index contributed by atoms with van der Waals surface area (Å²) in [4.78, 5) is 0. The highest BCUT2D eigenvalue weighted by molar-refractivity contribution is 6.32. The van der Waals surface area contributed by atoms with Crippen LogP contribution in [0.2, 0.25) is 5.02 Å². The fraction of sp³-hybridized carbons (Fsp3) is 0.538. The van der Waals surface area contributed by atoms with Gasteiger partial charge >= 0.3 is 0 Å². The van der Waals surface area contributed by atoms with E-state index in [2.05, 4.69) is 6.92 Å². The number of hydrogen-bond acceptors (Lipinski definition) is 4. The molecule has 18 heavy (non-hydrogen) atoms. The number of ether oxygens (including phenoxy) is 2. The molecule has 1 aliphatic rings. The van der Waals surface area contributed by atoms with Gasteiger partial charge in [0.15, 0.2) is 11.5 Å². The molecule has 0 fully saturated rings. The quantitative estimate of drug-likeness (QED) is 0.864. The molecule has 1 aromatic carbocycles. The van der Waals surface area contributed by atoms with Crippen molar-refractivity contribution in [1.29, 1.82) is 0 Å². The lowest BCUT2D eigenvalue weighted by atomic mass is 9.92. The van der Waals surface area contributed by atoms with Crippen molar-refractivity contribution in [3.05, 3.63) is 22.7 Å². The fourth-order valence-electron chi connectivity index (χ4n) is 2.21. The first-order valence-corrected chi connectivity index (χ1v) is 6.52. The van der Waals surface area contributed by atoms with Crippen molar-refractivity contribution >= 4 is 11.6 Å². The molecule has 1 aliphatic heterocycles. The van der Waals surface area contributed by atoms with Gasteiger partial charge in [0.1, 0.15) is 0 Å². The summed E-state index contributed by atoms with van der Waals surface area (Å²) in [5, 5.41) is 10.8. The highest BCUT2D eigenvalue weighted by Crippen LogP contribution is 2.42. The maximum absolute atomic E-state index is 10.3. The van der Waals surface area contributed by atoms with Gasteiger partial charge in [0.2, 0.25) is 6.79 Å². The molecule has 1 aromatic rings. The highest BCUT2D eigenvalue weighted by Gasteiger charge is 2.24. The number of aliphatic hydroxyl groups excluding tert-OH is 1. The third kappa shape index (κ3) is 2.55. The highest BCUT2D eigenvalue weighted by atomic mass is 35.5. The lowest BCUT2D eigenvalue weighted by Gasteiger charge is -2.21. The topological polar surface area (TPSA) is 64.7 Å². The largest absolute Gasteiger partial charge is 0.454 e. The molecule has 3 N–H and O–H groups in total. The van der Waals surface area contributed by atoms with E-state index in [4.69, 9.17) is 26.8 Å². The second kappa shape index (κ2) is 5.78. The molecule has 0 saturated heterocycles. The van der Waals surface area contributed by atoms with Crippen molar-refractivity contribution in [2.75, 3.05) is 13.3 Å². The lowest BCUT2D eigenvalue weighted by molar-refractivity contribution is 0.106. The molecule has 0 radical (unpaired) electrons. The smallest absolute Gasteiger partial charge is 0.231 e. The van der Waals surface area contributed by atoms with Gasteiger partial charge in [-0.2, -0.15) is 0 Å². The Bertz CT molecular complexity index is 425. The van der Waals surface area contributed by atoms with Gasteiger partial charge in [-0.3, -0.25) is 0 Å². The van der Waals surface area contributed by atoms with Crippen LogP contribution in [-0.2, 0) is 0 Å². The van der Waals surface area contributed by atoms with Gasteiger partial charge in [0.05, 0.1) is 11.1 Å². The first-order chi connectivity index (χ1) is 8.67. The Balaban J connectivity index is 2.25. The molecule has 1 heterocycles. The zero-order valence-electron chi connectivity index (χ0n) is 10.4. The fourth-order valence-corrected chi connectivity index (χ4v) is 2.48. The first kappa shape index (κ1) is 13.5. The Morgan fingerprint density at radius 3 is 2.89 bits per heavy atom. The zero-order chi connectivity index (χ0) is 13.1. The summed E-state index contributed by atoms with van der Waals surface area (Å²) in [6, 6.07) is 3.50. The van der Waals surface area contributed by atoms with E-state index >= 15 is 0 Å². The minimum absolute atomic E-state index is 0.0337. The van der Waals surface area contributed by atoms with Crippen LogP contribution >= 0.6 is 11.6 Å². The molecule has 0 aromatic heterocycles. The van der Waals surface area contributed by atoms with Crippen LogP contribution in [0.15, 0.2) is 12.1 Å². The Morgan fingerprint density at radius 1 is 1.44 bits per heavy atom. The molecule has 2 rings (SSSR count). The summed E-state index contributed by atoms with van der Waals surface area (Å²) < 4.78 is 10.5. The predicted molar refractivity (Wildman–Crippen MR) is 70.0 cm³/mol. The van der Waals surface area contributed by atoms with E-state index in [1.807, 2.05) is 0 Å². The number of aliphatic hydroxyl groups is 1. The molecule has 2 atom stereocenters.